The van der Waals surface area contributed by atoms with Gasteiger partial charge in [-0.15, -0.1) is 11.3 Å². The van der Waals surface area contributed by atoms with Crippen LogP contribution in [-0.4, -0.2) is 24.6 Å². The Morgan fingerprint density at radius 1 is 1.29 bits per heavy atom. The Labute approximate surface area is 134 Å². The molecule has 1 fully saturated rings. The van der Waals surface area contributed by atoms with Crippen molar-refractivity contribution in [1.29, 1.82) is 0 Å². The van der Waals surface area contributed by atoms with Crippen molar-refractivity contribution in [2.24, 2.45) is 17.8 Å². The van der Waals surface area contributed by atoms with Crippen molar-refractivity contribution in [2.75, 3.05) is 24.5 Å². The molecule has 1 atom stereocenters. The van der Waals surface area contributed by atoms with Crippen molar-refractivity contribution >= 4 is 16.5 Å². The van der Waals surface area contributed by atoms with Crippen molar-refractivity contribution in [3.8, 4) is 0 Å². The molecule has 1 aliphatic heterocycles. The van der Waals surface area contributed by atoms with Gasteiger partial charge in [0.25, 0.3) is 0 Å². The van der Waals surface area contributed by atoms with Crippen LogP contribution >= 0.6 is 11.3 Å². The van der Waals surface area contributed by atoms with E-state index in [-0.39, 0.29) is 0 Å². The SMILES string of the molecule is CC(C)CNCc1cnc(N2CCCC(C(C)C)CC2)s1. The molecule has 0 spiro atoms. The number of nitrogens with one attached hydrogen (secondary N) is 1. The van der Waals surface area contributed by atoms with Crippen molar-refractivity contribution in [3.05, 3.63) is 11.1 Å². The zero-order valence-corrected chi connectivity index (χ0v) is 14.9. The first-order chi connectivity index (χ1) is 10.1. The zero-order valence-electron chi connectivity index (χ0n) is 14.1. The first-order valence-corrected chi connectivity index (χ1v) is 9.28. The van der Waals surface area contributed by atoms with E-state index in [2.05, 4.69) is 49.1 Å². The Morgan fingerprint density at radius 3 is 2.81 bits per heavy atom. The topological polar surface area (TPSA) is 28.2 Å². The Bertz CT molecular complexity index is 414. The highest BCUT2D eigenvalue weighted by molar-refractivity contribution is 7.15. The molecule has 1 N–H and O–H groups in total. The maximum absolute atomic E-state index is 4.65. The van der Waals surface area contributed by atoms with Crippen molar-refractivity contribution in [2.45, 2.75) is 53.5 Å². The van der Waals surface area contributed by atoms with Gasteiger partial charge in [0.05, 0.1) is 0 Å². The van der Waals surface area contributed by atoms with Crippen LogP contribution < -0.4 is 10.2 Å². The van der Waals surface area contributed by atoms with E-state index in [4.69, 9.17) is 0 Å². The molecule has 2 heterocycles. The average Bonchev–Trinajstić information content (AvgIpc) is 2.74. The molecule has 1 saturated heterocycles. The summed E-state index contributed by atoms with van der Waals surface area (Å²) in [7, 11) is 0. The molecule has 120 valence electrons. The van der Waals surface area contributed by atoms with Gasteiger partial charge >= 0.3 is 0 Å². The predicted molar refractivity (Wildman–Crippen MR) is 93.1 cm³/mol. The molecule has 21 heavy (non-hydrogen) atoms. The van der Waals surface area contributed by atoms with Crippen LogP contribution in [0, 0.1) is 17.8 Å². The summed E-state index contributed by atoms with van der Waals surface area (Å²) in [6.45, 7) is 13.6. The smallest absolute Gasteiger partial charge is 0.185 e. The average molecular weight is 310 g/mol. The van der Waals surface area contributed by atoms with Crippen LogP contribution in [0.15, 0.2) is 6.20 Å². The van der Waals surface area contributed by atoms with Gasteiger partial charge in [-0.3, -0.25) is 0 Å². The highest BCUT2D eigenvalue weighted by atomic mass is 32.1. The molecule has 0 bridgehead atoms. The molecule has 0 saturated carbocycles. The molecule has 3 nitrogen and oxygen atoms in total. The minimum atomic E-state index is 0.705. The largest absolute Gasteiger partial charge is 0.348 e. The van der Waals surface area contributed by atoms with E-state index in [9.17, 15) is 0 Å². The van der Waals surface area contributed by atoms with E-state index in [0.29, 0.717) is 5.92 Å². The van der Waals surface area contributed by atoms with Gasteiger partial charge in [0.2, 0.25) is 0 Å². The standard InChI is InChI=1S/C17H31N3S/c1-13(2)10-18-11-16-12-19-17(21-16)20-8-5-6-15(7-9-20)14(3)4/h12-15,18H,5-11H2,1-4H3. The second-order valence-electron chi connectivity index (χ2n) is 7.06. The third kappa shape index (κ3) is 5.26. The summed E-state index contributed by atoms with van der Waals surface area (Å²) in [6, 6.07) is 0. The number of hydrogen-bond donors (Lipinski definition) is 1. The monoisotopic (exact) mass is 309 g/mol. The van der Waals surface area contributed by atoms with Crippen LogP contribution in [0.5, 0.6) is 0 Å². The van der Waals surface area contributed by atoms with E-state index >= 15 is 0 Å². The Morgan fingerprint density at radius 2 is 2.10 bits per heavy atom. The summed E-state index contributed by atoms with van der Waals surface area (Å²) in [4.78, 5) is 8.51. The second kappa shape index (κ2) is 8.14. The Kier molecular flexibility index (Phi) is 6.49. The molecule has 0 aromatic carbocycles. The number of hydrogen-bond acceptors (Lipinski definition) is 4. The Balaban J connectivity index is 1.86. The number of thiazole rings is 1. The van der Waals surface area contributed by atoms with Crippen LogP contribution in [-0.2, 0) is 6.54 Å². The van der Waals surface area contributed by atoms with Crippen LogP contribution in [0.1, 0.15) is 51.8 Å². The third-order valence-corrected chi connectivity index (χ3v) is 5.44. The first-order valence-electron chi connectivity index (χ1n) is 8.46. The normalized spacial score (nSPS) is 20.3. The minimum Gasteiger partial charge on any atom is -0.348 e. The maximum atomic E-state index is 4.65. The third-order valence-electron chi connectivity index (χ3n) is 4.38. The van der Waals surface area contributed by atoms with E-state index < -0.39 is 0 Å². The van der Waals surface area contributed by atoms with Crippen molar-refractivity contribution < 1.29 is 0 Å². The van der Waals surface area contributed by atoms with Crippen LogP contribution in [0.25, 0.3) is 0 Å². The summed E-state index contributed by atoms with van der Waals surface area (Å²) in [5.41, 5.74) is 0. The van der Waals surface area contributed by atoms with E-state index in [1.165, 1.54) is 42.4 Å². The summed E-state index contributed by atoms with van der Waals surface area (Å²) in [6.07, 6.45) is 6.06. The van der Waals surface area contributed by atoms with E-state index in [0.717, 1.165) is 24.9 Å². The molecule has 1 aromatic rings. The van der Waals surface area contributed by atoms with Gasteiger partial charge in [-0.1, -0.05) is 27.7 Å². The van der Waals surface area contributed by atoms with Crippen molar-refractivity contribution in [3.63, 3.8) is 0 Å². The van der Waals surface area contributed by atoms with Crippen LogP contribution in [0.2, 0.25) is 0 Å². The highest BCUT2D eigenvalue weighted by Crippen LogP contribution is 2.29. The van der Waals surface area contributed by atoms with Crippen LogP contribution in [0.4, 0.5) is 5.13 Å². The molecule has 1 aromatic heterocycles. The van der Waals surface area contributed by atoms with Gasteiger partial charge in [0.15, 0.2) is 5.13 Å². The molecule has 4 heteroatoms. The van der Waals surface area contributed by atoms with Crippen molar-refractivity contribution in [1.82, 2.24) is 10.3 Å². The van der Waals surface area contributed by atoms with Crippen LogP contribution in [0.3, 0.4) is 0 Å². The highest BCUT2D eigenvalue weighted by Gasteiger charge is 2.21. The lowest BCUT2D eigenvalue weighted by atomic mass is 9.89. The molecule has 0 radical (unpaired) electrons. The molecule has 0 amide bonds. The van der Waals surface area contributed by atoms with Gasteiger partial charge in [0.1, 0.15) is 0 Å². The summed E-state index contributed by atoms with van der Waals surface area (Å²) in [5, 5.41) is 4.73. The first kappa shape index (κ1) is 16.8. The molecule has 2 rings (SSSR count). The predicted octanol–water partition coefficient (Wildman–Crippen LogP) is 4.15. The summed E-state index contributed by atoms with van der Waals surface area (Å²) in [5.74, 6) is 2.41. The molecule has 1 aliphatic rings. The van der Waals surface area contributed by atoms with Gasteiger partial charge in [-0.25, -0.2) is 4.98 Å². The Hall–Kier alpha value is -0.610. The quantitative estimate of drug-likeness (QED) is 0.855. The number of aromatic nitrogens is 1. The summed E-state index contributed by atoms with van der Waals surface area (Å²) < 4.78 is 0. The van der Waals surface area contributed by atoms with Gasteiger partial charge in [-0.2, -0.15) is 0 Å². The van der Waals surface area contributed by atoms with Gasteiger partial charge in [-0.05, 0) is 43.6 Å². The number of rotatable bonds is 6. The lowest BCUT2D eigenvalue weighted by molar-refractivity contribution is 0.351. The number of anilines is 1. The fraction of sp³-hybridized carbons (Fsp3) is 0.824. The fourth-order valence-electron chi connectivity index (χ4n) is 2.99. The zero-order chi connectivity index (χ0) is 15.2. The summed E-state index contributed by atoms with van der Waals surface area (Å²) >= 11 is 1.86. The van der Waals surface area contributed by atoms with Gasteiger partial charge in [0, 0.05) is 30.7 Å². The minimum absolute atomic E-state index is 0.705. The maximum Gasteiger partial charge on any atom is 0.185 e. The molecular formula is C17H31N3S. The molecule has 0 aliphatic carbocycles. The molecular weight excluding hydrogens is 278 g/mol. The van der Waals surface area contributed by atoms with E-state index in [1.54, 1.807) is 0 Å². The van der Waals surface area contributed by atoms with Gasteiger partial charge < -0.3 is 10.2 Å². The number of nitrogens with zero attached hydrogens (tertiary/aromatic N) is 2. The fourth-order valence-corrected chi connectivity index (χ4v) is 3.92. The lowest BCUT2D eigenvalue weighted by Crippen LogP contribution is -2.24. The molecule has 1 unspecified atom stereocenters. The van der Waals surface area contributed by atoms with E-state index in [1.807, 2.05) is 11.3 Å². The second-order valence-corrected chi connectivity index (χ2v) is 8.15. The lowest BCUT2D eigenvalue weighted by Gasteiger charge is -2.20.